The van der Waals surface area contributed by atoms with Gasteiger partial charge >= 0.3 is 0 Å². The van der Waals surface area contributed by atoms with Gasteiger partial charge in [-0.2, -0.15) is 0 Å². The summed E-state index contributed by atoms with van der Waals surface area (Å²) in [6, 6.07) is 36.3. The van der Waals surface area contributed by atoms with E-state index in [1.807, 2.05) is 116 Å². The summed E-state index contributed by atoms with van der Waals surface area (Å²) in [5.74, 6) is -1.82. The van der Waals surface area contributed by atoms with Crippen molar-refractivity contribution in [3.63, 3.8) is 0 Å². The van der Waals surface area contributed by atoms with E-state index in [1.54, 1.807) is 17.0 Å². The summed E-state index contributed by atoms with van der Waals surface area (Å²) in [4.78, 5) is 43.6. The summed E-state index contributed by atoms with van der Waals surface area (Å²) in [5.41, 5.74) is 3.20. The SMILES string of the molecule is CC(=O)N1C(C(=O)NC(C)c2ccccc2)C(c2ccccc2)C(C(=O)c2ccccc2)C1c1ccccc1. The number of ketones is 1. The minimum absolute atomic E-state index is 0.0871. The minimum Gasteiger partial charge on any atom is -0.348 e. The third-order valence-electron chi connectivity index (χ3n) is 7.64. The molecule has 5 heteroatoms. The van der Waals surface area contributed by atoms with Gasteiger partial charge in [0.25, 0.3) is 0 Å². The molecule has 5 nitrogen and oxygen atoms in total. The maximum atomic E-state index is 14.3. The fraction of sp³-hybridized carbons (Fsp3) is 0.206. The molecule has 0 radical (unpaired) electrons. The first-order chi connectivity index (χ1) is 19.0. The second kappa shape index (κ2) is 11.5. The molecule has 5 rings (SSSR count). The van der Waals surface area contributed by atoms with Crippen molar-refractivity contribution < 1.29 is 14.4 Å². The van der Waals surface area contributed by atoms with E-state index in [1.165, 1.54) is 6.92 Å². The summed E-state index contributed by atoms with van der Waals surface area (Å²) >= 11 is 0. The van der Waals surface area contributed by atoms with Crippen LogP contribution in [0.3, 0.4) is 0 Å². The topological polar surface area (TPSA) is 66.5 Å². The Labute approximate surface area is 229 Å². The van der Waals surface area contributed by atoms with Crippen molar-refractivity contribution in [3.8, 4) is 0 Å². The normalized spacial score (nSPS) is 21.2. The second-order valence-corrected chi connectivity index (χ2v) is 10.1. The van der Waals surface area contributed by atoms with Crippen LogP contribution in [0, 0.1) is 5.92 Å². The number of amides is 2. The van der Waals surface area contributed by atoms with Crippen molar-refractivity contribution in [3.05, 3.63) is 144 Å². The zero-order valence-corrected chi connectivity index (χ0v) is 22.1. The van der Waals surface area contributed by atoms with Crippen LogP contribution < -0.4 is 5.32 Å². The van der Waals surface area contributed by atoms with E-state index >= 15 is 0 Å². The molecule has 1 aliphatic rings. The molecule has 1 saturated heterocycles. The molecule has 0 bridgehead atoms. The van der Waals surface area contributed by atoms with Crippen molar-refractivity contribution in [1.29, 1.82) is 0 Å². The van der Waals surface area contributed by atoms with Gasteiger partial charge in [-0.25, -0.2) is 0 Å². The van der Waals surface area contributed by atoms with Crippen LogP contribution in [-0.2, 0) is 9.59 Å². The lowest BCUT2D eigenvalue weighted by Crippen LogP contribution is -2.48. The maximum absolute atomic E-state index is 14.3. The van der Waals surface area contributed by atoms with Gasteiger partial charge in [-0.15, -0.1) is 0 Å². The highest BCUT2D eigenvalue weighted by Gasteiger charge is 2.56. The van der Waals surface area contributed by atoms with Crippen molar-refractivity contribution in [2.45, 2.75) is 37.9 Å². The number of hydrogen-bond donors (Lipinski definition) is 1. The first kappa shape index (κ1) is 26.1. The Morgan fingerprint density at radius 1 is 0.692 bits per heavy atom. The van der Waals surface area contributed by atoms with E-state index in [9.17, 15) is 14.4 Å². The molecule has 1 fully saturated rings. The third-order valence-corrected chi connectivity index (χ3v) is 7.64. The van der Waals surface area contributed by atoms with Crippen LogP contribution in [0.4, 0.5) is 0 Å². The number of nitrogens with zero attached hydrogens (tertiary/aromatic N) is 1. The fourth-order valence-corrected chi connectivity index (χ4v) is 5.90. The molecule has 2 amide bonds. The smallest absolute Gasteiger partial charge is 0.243 e. The summed E-state index contributed by atoms with van der Waals surface area (Å²) < 4.78 is 0. The third kappa shape index (κ3) is 5.26. The van der Waals surface area contributed by atoms with Gasteiger partial charge in [0.1, 0.15) is 6.04 Å². The number of benzene rings is 4. The van der Waals surface area contributed by atoms with Crippen LogP contribution in [0.5, 0.6) is 0 Å². The largest absolute Gasteiger partial charge is 0.348 e. The Kier molecular flexibility index (Phi) is 7.69. The van der Waals surface area contributed by atoms with Gasteiger partial charge in [0, 0.05) is 18.4 Å². The van der Waals surface area contributed by atoms with E-state index < -0.39 is 23.9 Å². The lowest BCUT2D eigenvalue weighted by molar-refractivity contribution is -0.139. The molecule has 196 valence electrons. The van der Waals surface area contributed by atoms with Crippen molar-refractivity contribution in [1.82, 2.24) is 10.2 Å². The number of hydrogen-bond acceptors (Lipinski definition) is 3. The van der Waals surface area contributed by atoms with Crippen molar-refractivity contribution >= 4 is 17.6 Å². The Morgan fingerprint density at radius 3 is 1.72 bits per heavy atom. The Hall–Kier alpha value is -4.51. The number of Topliss-reactive ketones (excluding diaryl/α,β-unsaturated/α-hetero) is 1. The number of likely N-dealkylation sites (tertiary alicyclic amines) is 1. The van der Waals surface area contributed by atoms with E-state index in [4.69, 9.17) is 0 Å². The van der Waals surface area contributed by atoms with Crippen LogP contribution >= 0.6 is 0 Å². The molecule has 0 aliphatic carbocycles. The molecule has 4 aromatic rings. The van der Waals surface area contributed by atoms with Gasteiger partial charge in [-0.3, -0.25) is 14.4 Å². The molecule has 39 heavy (non-hydrogen) atoms. The van der Waals surface area contributed by atoms with Gasteiger partial charge in [-0.05, 0) is 23.6 Å². The number of rotatable bonds is 7. The molecule has 1 N–H and O–H groups in total. The van der Waals surface area contributed by atoms with E-state index in [2.05, 4.69) is 5.32 Å². The Balaban J connectivity index is 1.67. The number of carbonyl (C=O) groups excluding carboxylic acids is 3. The lowest BCUT2D eigenvalue weighted by atomic mass is 9.76. The van der Waals surface area contributed by atoms with Crippen LogP contribution in [-0.4, -0.2) is 28.5 Å². The monoisotopic (exact) mass is 516 g/mol. The first-order valence-corrected chi connectivity index (χ1v) is 13.3. The van der Waals surface area contributed by atoms with Crippen molar-refractivity contribution in [2.24, 2.45) is 5.92 Å². The molecule has 0 aromatic heterocycles. The number of nitrogens with one attached hydrogen (secondary N) is 1. The molecule has 4 aromatic carbocycles. The highest BCUT2D eigenvalue weighted by atomic mass is 16.2. The highest BCUT2D eigenvalue weighted by Crippen LogP contribution is 2.51. The molecule has 0 saturated carbocycles. The lowest BCUT2D eigenvalue weighted by Gasteiger charge is -2.31. The van der Waals surface area contributed by atoms with Crippen LogP contribution in [0.15, 0.2) is 121 Å². The van der Waals surface area contributed by atoms with Crippen LogP contribution in [0.25, 0.3) is 0 Å². The summed E-state index contributed by atoms with van der Waals surface area (Å²) in [6.07, 6.45) is 0. The molecule has 1 heterocycles. The van der Waals surface area contributed by atoms with E-state index in [-0.39, 0.29) is 23.6 Å². The van der Waals surface area contributed by atoms with E-state index in [0.717, 1.165) is 16.7 Å². The molecular weight excluding hydrogens is 484 g/mol. The van der Waals surface area contributed by atoms with Crippen molar-refractivity contribution in [2.75, 3.05) is 0 Å². The molecule has 0 spiro atoms. The maximum Gasteiger partial charge on any atom is 0.243 e. The highest BCUT2D eigenvalue weighted by molar-refractivity contribution is 6.01. The summed E-state index contributed by atoms with van der Waals surface area (Å²) in [6.45, 7) is 3.41. The summed E-state index contributed by atoms with van der Waals surface area (Å²) in [7, 11) is 0. The van der Waals surface area contributed by atoms with Gasteiger partial charge in [0.2, 0.25) is 11.8 Å². The fourth-order valence-electron chi connectivity index (χ4n) is 5.90. The predicted octanol–water partition coefficient (Wildman–Crippen LogP) is 6.12. The predicted molar refractivity (Wildman–Crippen MR) is 152 cm³/mol. The molecule has 1 aliphatic heterocycles. The van der Waals surface area contributed by atoms with Gasteiger partial charge in [0.05, 0.1) is 18.0 Å². The zero-order valence-electron chi connectivity index (χ0n) is 22.1. The van der Waals surface area contributed by atoms with Gasteiger partial charge in [-0.1, -0.05) is 121 Å². The molecular formula is C34H32N2O3. The standard InChI is InChI=1S/C34H32N2O3/c1-23(25-15-7-3-8-16-25)35-34(39)32-29(26-17-9-4-10-18-26)30(33(38)28-21-13-6-14-22-28)31(36(32)24(2)37)27-19-11-5-12-20-27/h3-23,29-32H,1-2H3,(H,35,39). The zero-order chi connectivity index (χ0) is 27.4. The minimum atomic E-state index is -0.876. The van der Waals surface area contributed by atoms with Gasteiger partial charge < -0.3 is 10.2 Å². The van der Waals surface area contributed by atoms with Crippen LogP contribution in [0.2, 0.25) is 0 Å². The quantitative estimate of drug-likeness (QED) is 0.301. The van der Waals surface area contributed by atoms with Crippen LogP contribution in [0.1, 0.15) is 58.9 Å². The molecule has 5 unspecified atom stereocenters. The average Bonchev–Trinajstić information content (AvgIpc) is 3.35. The Morgan fingerprint density at radius 2 is 1.18 bits per heavy atom. The second-order valence-electron chi connectivity index (χ2n) is 10.1. The van der Waals surface area contributed by atoms with Gasteiger partial charge in [0.15, 0.2) is 5.78 Å². The Bertz CT molecular complexity index is 1420. The summed E-state index contributed by atoms with van der Waals surface area (Å²) in [5, 5.41) is 3.15. The molecule has 5 atom stereocenters. The van der Waals surface area contributed by atoms with E-state index in [0.29, 0.717) is 5.56 Å². The first-order valence-electron chi connectivity index (χ1n) is 13.3. The number of carbonyl (C=O) groups is 3. The average molecular weight is 517 g/mol.